The number of methoxy groups -OCH3 is 2. The van der Waals surface area contributed by atoms with E-state index in [0.717, 1.165) is 36.5 Å². The highest BCUT2D eigenvalue weighted by Gasteiger charge is 2.26. The molecule has 4 heteroatoms. The largest absolute Gasteiger partial charge is 0.493 e. The lowest BCUT2D eigenvalue weighted by Gasteiger charge is -2.35. The van der Waals surface area contributed by atoms with Crippen LogP contribution >= 0.6 is 0 Å². The first-order chi connectivity index (χ1) is 9.22. The van der Waals surface area contributed by atoms with Gasteiger partial charge in [0.15, 0.2) is 17.3 Å². The molecule has 0 aromatic heterocycles. The van der Waals surface area contributed by atoms with Gasteiger partial charge in [-0.15, -0.1) is 0 Å². The van der Waals surface area contributed by atoms with Crippen LogP contribution in [0.4, 0.5) is 0 Å². The number of carbonyl (C=O) groups excluding carboxylic acids is 1. The Balaban J connectivity index is 2.13. The quantitative estimate of drug-likeness (QED) is 0.813. The maximum Gasteiger partial charge on any atom is 0.161 e. The molecule has 0 amide bonds. The smallest absolute Gasteiger partial charge is 0.161 e. The monoisotopic (exact) mass is 259 g/mol. The van der Waals surface area contributed by atoms with Crippen LogP contribution in [0.2, 0.25) is 0 Å². The van der Waals surface area contributed by atoms with Gasteiger partial charge in [-0.25, -0.2) is 0 Å². The van der Waals surface area contributed by atoms with Gasteiger partial charge in [-0.2, -0.15) is 0 Å². The van der Waals surface area contributed by atoms with Gasteiger partial charge >= 0.3 is 0 Å². The lowest BCUT2D eigenvalue weighted by atomic mass is 9.92. The van der Waals surface area contributed by atoms with Crippen molar-refractivity contribution < 1.29 is 14.3 Å². The van der Waals surface area contributed by atoms with E-state index in [1.165, 1.54) is 5.56 Å². The third-order valence-electron chi connectivity index (χ3n) is 3.80. The van der Waals surface area contributed by atoms with Crippen molar-refractivity contribution >= 4 is 11.5 Å². The number of nitrogens with zero attached hydrogens (tertiary/aromatic N) is 1. The van der Waals surface area contributed by atoms with Crippen molar-refractivity contribution in [3.05, 3.63) is 29.3 Å². The summed E-state index contributed by atoms with van der Waals surface area (Å²) >= 11 is 0. The lowest BCUT2D eigenvalue weighted by Crippen LogP contribution is -2.34. The number of allylic oxidation sites excluding steroid dienone is 1. The zero-order chi connectivity index (χ0) is 13.4. The summed E-state index contributed by atoms with van der Waals surface area (Å²) in [7, 11) is 3.27. The van der Waals surface area contributed by atoms with Crippen LogP contribution in [0.15, 0.2) is 18.2 Å². The summed E-state index contributed by atoms with van der Waals surface area (Å²) in [6.45, 7) is 1.78. The van der Waals surface area contributed by atoms with Crippen molar-refractivity contribution in [3.63, 3.8) is 0 Å². The van der Waals surface area contributed by atoms with Gasteiger partial charge in [0, 0.05) is 36.8 Å². The molecule has 3 rings (SSSR count). The Morgan fingerprint density at radius 2 is 1.74 bits per heavy atom. The maximum atomic E-state index is 11.6. The molecule has 4 nitrogen and oxygen atoms in total. The molecule has 0 saturated carbocycles. The first-order valence-corrected chi connectivity index (χ1v) is 6.47. The highest BCUT2D eigenvalue weighted by atomic mass is 16.5. The Kier molecular flexibility index (Phi) is 2.93. The molecule has 2 aliphatic rings. The van der Waals surface area contributed by atoms with E-state index in [0.29, 0.717) is 12.2 Å². The van der Waals surface area contributed by atoms with E-state index in [2.05, 4.69) is 4.90 Å². The van der Waals surface area contributed by atoms with Crippen LogP contribution < -0.4 is 9.47 Å². The van der Waals surface area contributed by atoms with Crippen molar-refractivity contribution in [2.24, 2.45) is 0 Å². The Bertz CT molecular complexity index is 563. The minimum atomic E-state index is 0.203. The number of ketones is 1. The molecule has 1 aromatic carbocycles. The summed E-state index contributed by atoms with van der Waals surface area (Å²) in [5, 5.41) is 0. The minimum absolute atomic E-state index is 0.203. The van der Waals surface area contributed by atoms with E-state index < -0.39 is 0 Å². The molecule has 0 atom stereocenters. The molecule has 19 heavy (non-hydrogen) atoms. The average Bonchev–Trinajstić information content (AvgIpc) is 2.45. The second-order valence-electron chi connectivity index (χ2n) is 4.85. The molecular formula is C15H17NO3. The fourth-order valence-electron chi connectivity index (χ4n) is 2.78. The predicted octanol–water partition coefficient (Wildman–Crippen LogP) is 1.88. The van der Waals surface area contributed by atoms with Gasteiger partial charge in [0.05, 0.1) is 14.2 Å². The van der Waals surface area contributed by atoms with E-state index in [1.807, 2.05) is 12.1 Å². The van der Waals surface area contributed by atoms with Crippen LogP contribution in [0, 0.1) is 0 Å². The molecular weight excluding hydrogens is 242 g/mol. The number of benzene rings is 1. The normalized spacial score (nSPS) is 17.5. The summed E-state index contributed by atoms with van der Waals surface area (Å²) in [5.74, 6) is 1.66. The fourth-order valence-corrected chi connectivity index (χ4v) is 2.78. The predicted molar refractivity (Wildman–Crippen MR) is 72.4 cm³/mol. The van der Waals surface area contributed by atoms with E-state index in [9.17, 15) is 4.79 Å². The van der Waals surface area contributed by atoms with Crippen molar-refractivity contribution in [3.8, 4) is 11.5 Å². The first kappa shape index (κ1) is 12.1. The van der Waals surface area contributed by atoms with E-state index in [1.54, 1.807) is 20.3 Å². The number of fused-ring (bicyclic) bond motifs is 3. The van der Waals surface area contributed by atoms with Gasteiger partial charge in [0.25, 0.3) is 0 Å². The SMILES string of the molecule is COc1cc2c(cc1OC)C1=CC(=O)CCN1CC2. The second-order valence-corrected chi connectivity index (χ2v) is 4.85. The highest BCUT2D eigenvalue weighted by Crippen LogP contribution is 2.38. The molecule has 0 N–H and O–H groups in total. The Morgan fingerprint density at radius 1 is 1.05 bits per heavy atom. The van der Waals surface area contributed by atoms with Gasteiger partial charge in [-0.3, -0.25) is 4.79 Å². The Morgan fingerprint density at radius 3 is 2.47 bits per heavy atom. The standard InChI is InChI=1S/C15H17NO3/c1-18-14-7-10-3-5-16-6-4-11(17)8-13(16)12(10)9-15(14)19-2/h7-9H,3-6H2,1-2H3. The number of hydrogen-bond acceptors (Lipinski definition) is 4. The summed E-state index contributed by atoms with van der Waals surface area (Å²) in [5.41, 5.74) is 3.34. The zero-order valence-corrected chi connectivity index (χ0v) is 11.2. The number of carbonyl (C=O) groups is 1. The zero-order valence-electron chi connectivity index (χ0n) is 11.2. The van der Waals surface area contributed by atoms with E-state index in [4.69, 9.17) is 9.47 Å². The van der Waals surface area contributed by atoms with Crippen LogP contribution in [0.3, 0.4) is 0 Å². The number of rotatable bonds is 2. The van der Waals surface area contributed by atoms with Gasteiger partial charge < -0.3 is 14.4 Å². The number of hydrogen-bond donors (Lipinski definition) is 0. The van der Waals surface area contributed by atoms with Gasteiger partial charge in [-0.1, -0.05) is 0 Å². The maximum absolute atomic E-state index is 11.6. The van der Waals surface area contributed by atoms with E-state index >= 15 is 0 Å². The molecule has 0 radical (unpaired) electrons. The Hall–Kier alpha value is -1.97. The Labute approximate surface area is 112 Å². The van der Waals surface area contributed by atoms with Crippen LogP contribution in [-0.2, 0) is 11.2 Å². The first-order valence-electron chi connectivity index (χ1n) is 6.47. The molecule has 0 spiro atoms. The van der Waals surface area contributed by atoms with Crippen LogP contribution in [0.1, 0.15) is 17.5 Å². The molecule has 0 bridgehead atoms. The molecule has 0 unspecified atom stereocenters. The molecule has 2 aliphatic heterocycles. The molecule has 1 aromatic rings. The van der Waals surface area contributed by atoms with Crippen molar-refractivity contribution in [2.75, 3.05) is 27.3 Å². The van der Waals surface area contributed by atoms with Crippen molar-refractivity contribution in [2.45, 2.75) is 12.8 Å². The summed E-state index contributed by atoms with van der Waals surface area (Å²) in [4.78, 5) is 13.9. The third-order valence-corrected chi connectivity index (χ3v) is 3.80. The lowest BCUT2D eigenvalue weighted by molar-refractivity contribution is -0.115. The number of ether oxygens (including phenoxy) is 2. The molecule has 0 fully saturated rings. The molecule has 0 saturated heterocycles. The van der Waals surface area contributed by atoms with Gasteiger partial charge in [0.1, 0.15) is 0 Å². The summed E-state index contributed by atoms with van der Waals surface area (Å²) in [6, 6.07) is 4.00. The fraction of sp³-hybridized carbons (Fsp3) is 0.400. The van der Waals surface area contributed by atoms with Gasteiger partial charge in [-0.05, 0) is 24.1 Å². The minimum Gasteiger partial charge on any atom is -0.493 e. The molecule has 0 aliphatic carbocycles. The average molecular weight is 259 g/mol. The van der Waals surface area contributed by atoms with Gasteiger partial charge in [0.2, 0.25) is 0 Å². The topological polar surface area (TPSA) is 38.8 Å². The van der Waals surface area contributed by atoms with Crippen LogP contribution in [-0.4, -0.2) is 38.0 Å². The van der Waals surface area contributed by atoms with Crippen LogP contribution in [0.25, 0.3) is 5.70 Å². The summed E-state index contributed by atoms with van der Waals surface area (Å²) < 4.78 is 10.7. The van der Waals surface area contributed by atoms with Crippen LogP contribution in [0.5, 0.6) is 11.5 Å². The van der Waals surface area contributed by atoms with Crippen molar-refractivity contribution in [1.82, 2.24) is 4.90 Å². The second kappa shape index (κ2) is 4.61. The molecule has 100 valence electrons. The van der Waals surface area contributed by atoms with E-state index in [-0.39, 0.29) is 5.78 Å². The third kappa shape index (κ3) is 1.97. The molecule has 2 heterocycles. The highest BCUT2D eigenvalue weighted by molar-refractivity contribution is 5.98. The van der Waals surface area contributed by atoms with Crippen molar-refractivity contribution in [1.29, 1.82) is 0 Å². The summed E-state index contributed by atoms with van der Waals surface area (Å²) in [6.07, 6.45) is 3.35.